The Labute approximate surface area is 190 Å². The van der Waals surface area contributed by atoms with Gasteiger partial charge in [0.1, 0.15) is 16.5 Å². The van der Waals surface area contributed by atoms with E-state index in [1.54, 1.807) is 32.6 Å². The van der Waals surface area contributed by atoms with Crippen LogP contribution < -0.4 is 14.8 Å². The summed E-state index contributed by atoms with van der Waals surface area (Å²) < 4.78 is 10.6. The number of carbonyl (C=O) groups is 1. The monoisotopic (exact) mass is 443 g/mol. The second-order valence-electron chi connectivity index (χ2n) is 6.76. The van der Waals surface area contributed by atoms with E-state index in [2.05, 4.69) is 15.3 Å². The van der Waals surface area contributed by atoms with Crippen LogP contribution in [0.2, 0.25) is 0 Å². The Bertz CT molecular complexity index is 1250. The number of anilines is 1. The van der Waals surface area contributed by atoms with Crippen LogP contribution >= 0.6 is 11.3 Å². The third-order valence-corrected chi connectivity index (χ3v) is 5.53. The molecule has 0 fully saturated rings. The number of rotatable bonds is 7. The molecule has 2 aromatic heterocycles. The first kappa shape index (κ1) is 21.3. The van der Waals surface area contributed by atoms with Gasteiger partial charge in [0.05, 0.1) is 25.6 Å². The number of pyridine rings is 1. The van der Waals surface area contributed by atoms with Crippen molar-refractivity contribution in [2.75, 3.05) is 19.5 Å². The molecule has 0 spiro atoms. The minimum Gasteiger partial charge on any atom is -0.497 e. The SMILES string of the molecule is COc1ccc(/C=C/C(=O)Nc2cccc(-c3csc(-c4ccccn4)n3)c2)c(OC)c1. The van der Waals surface area contributed by atoms with Crippen LogP contribution in [-0.4, -0.2) is 30.1 Å². The van der Waals surface area contributed by atoms with Gasteiger partial charge < -0.3 is 14.8 Å². The minimum atomic E-state index is -0.243. The van der Waals surface area contributed by atoms with Gasteiger partial charge in [-0.3, -0.25) is 9.78 Å². The summed E-state index contributed by atoms with van der Waals surface area (Å²) in [6, 6.07) is 18.8. The molecule has 7 heteroatoms. The smallest absolute Gasteiger partial charge is 0.248 e. The molecule has 0 bridgehead atoms. The van der Waals surface area contributed by atoms with Gasteiger partial charge in [-0.1, -0.05) is 18.2 Å². The van der Waals surface area contributed by atoms with Gasteiger partial charge in [-0.2, -0.15) is 0 Å². The molecule has 32 heavy (non-hydrogen) atoms. The molecule has 0 aliphatic heterocycles. The van der Waals surface area contributed by atoms with Gasteiger partial charge >= 0.3 is 0 Å². The predicted molar refractivity (Wildman–Crippen MR) is 128 cm³/mol. The topological polar surface area (TPSA) is 73.3 Å². The molecule has 4 aromatic rings. The average Bonchev–Trinajstić information content (AvgIpc) is 3.34. The number of nitrogens with one attached hydrogen (secondary N) is 1. The van der Waals surface area contributed by atoms with Crippen molar-refractivity contribution in [1.82, 2.24) is 9.97 Å². The fourth-order valence-corrected chi connectivity index (χ4v) is 3.88. The maximum atomic E-state index is 12.5. The summed E-state index contributed by atoms with van der Waals surface area (Å²) in [6.07, 6.45) is 4.93. The van der Waals surface area contributed by atoms with E-state index in [0.717, 1.165) is 27.5 Å². The molecule has 2 heterocycles. The lowest BCUT2D eigenvalue weighted by atomic mass is 10.1. The van der Waals surface area contributed by atoms with Crippen LogP contribution in [0.1, 0.15) is 5.56 Å². The van der Waals surface area contributed by atoms with Crippen LogP contribution in [0.5, 0.6) is 11.5 Å². The summed E-state index contributed by atoms with van der Waals surface area (Å²) in [4.78, 5) is 21.5. The zero-order valence-electron chi connectivity index (χ0n) is 17.6. The summed E-state index contributed by atoms with van der Waals surface area (Å²) in [7, 11) is 3.17. The summed E-state index contributed by atoms with van der Waals surface area (Å²) >= 11 is 1.54. The van der Waals surface area contributed by atoms with E-state index >= 15 is 0 Å². The van der Waals surface area contributed by atoms with Crippen molar-refractivity contribution in [3.05, 3.63) is 83.9 Å². The molecule has 0 unspecified atom stereocenters. The predicted octanol–water partition coefficient (Wildman–Crippen LogP) is 5.54. The molecule has 4 rings (SSSR count). The molecular formula is C25H21N3O3S. The number of carbonyl (C=O) groups excluding carboxylic acids is 1. The van der Waals surface area contributed by atoms with Crippen molar-refractivity contribution in [3.8, 4) is 33.5 Å². The Morgan fingerprint density at radius 1 is 1.00 bits per heavy atom. The van der Waals surface area contributed by atoms with Crippen molar-refractivity contribution in [2.24, 2.45) is 0 Å². The average molecular weight is 444 g/mol. The van der Waals surface area contributed by atoms with Crippen LogP contribution in [-0.2, 0) is 4.79 Å². The zero-order chi connectivity index (χ0) is 22.3. The van der Waals surface area contributed by atoms with Crippen molar-refractivity contribution in [1.29, 1.82) is 0 Å². The maximum Gasteiger partial charge on any atom is 0.248 e. The van der Waals surface area contributed by atoms with Crippen LogP contribution in [0.4, 0.5) is 5.69 Å². The van der Waals surface area contributed by atoms with Gasteiger partial charge in [0.2, 0.25) is 5.91 Å². The molecule has 0 aliphatic carbocycles. The Morgan fingerprint density at radius 3 is 2.69 bits per heavy atom. The Kier molecular flexibility index (Phi) is 6.57. The first-order valence-electron chi connectivity index (χ1n) is 9.85. The van der Waals surface area contributed by atoms with Crippen LogP contribution in [0.15, 0.2) is 78.3 Å². The first-order valence-corrected chi connectivity index (χ1v) is 10.7. The minimum absolute atomic E-state index is 0.243. The molecule has 2 aromatic carbocycles. The van der Waals surface area contributed by atoms with Crippen molar-refractivity contribution in [3.63, 3.8) is 0 Å². The van der Waals surface area contributed by atoms with Crippen LogP contribution in [0.25, 0.3) is 28.0 Å². The third kappa shape index (κ3) is 5.01. The van der Waals surface area contributed by atoms with Gasteiger partial charge in [0, 0.05) is 40.5 Å². The maximum absolute atomic E-state index is 12.5. The molecule has 160 valence electrons. The first-order chi connectivity index (χ1) is 15.7. The molecule has 1 N–H and O–H groups in total. The molecule has 6 nitrogen and oxygen atoms in total. The summed E-state index contributed by atoms with van der Waals surface area (Å²) in [5.74, 6) is 1.07. The lowest BCUT2D eigenvalue weighted by Gasteiger charge is -2.07. The van der Waals surface area contributed by atoms with Crippen molar-refractivity contribution < 1.29 is 14.3 Å². The molecule has 0 saturated carbocycles. The number of aromatic nitrogens is 2. The summed E-state index contributed by atoms with van der Waals surface area (Å²) in [5, 5.41) is 5.73. The highest BCUT2D eigenvalue weighted by Crippen LogP contribution is 2.29. The third-order valence-electron chi connectivity index (χ3n) is 4.67. The summed E-state index contributed by atoms with van der Waals surface area (Å²) in [5.41, 5.74) is 4.06. The van der Waals surface area contributed by atoms with Crippen molar-refractivity contribution in [2.45, 2.75) is 0 Å². The van der Waals surface area contributed by atoms with E-state index in [1.165, 1.54) is 17.4 Å². The summed E-state index contributed by atoms with van der Waals surface area (Å²) in [6.45, 7) is 0. The molecular weight excluding hydrogens is 422 g/mol. The Morgan fingerprint density at radius 2 is 1.91 bits per heavy atom. The Hall–Kier alpha value is -3.97. The Balaban J connectivity index is 1.47. The number of thiazole rings is 1. The van der Waals surface area contributed by atoms with E-state index in [4.69, 9.17) is 9.47 Å². The molecule has 0 atom stereocenters. The number of hydrogen-bond donors (Lipinski definition) is 1. The fourth-order valence-electron chi connectivity index (χ4n) is 3.08. The second kappa shape index (κ2) is 9.89. The number of benzene rings is 2. The van der Waals surface area contributed by atoms with Gasteiger partial charge in [-0.15, -0.1) is 11.3 Å². The highest BCUT2D eigenvalue weighted by Gasteiger charge is 2.09. The number of ether oxygens (including phenoxy) is 2. The van der Waals surface area contributed by atoms with Gasteiger partial charge in [-0.25, -0.2) is 4.98 Å². The van der Waals surface area contributed by atoms with E-state index in [-0.39, 0.29) is 5.91 Å². The highest BCUT2D eigenvalue weighted by molar-refractivity contribution is 7.13. The van der Waals surface area contributed by atoms with Crippen LogP contribution in [0, 0.1) is 0 Å². The quantitative estimate of drug-likeness (QED) is 0.380. The molecule has 0 aliphatic rings. The van der Waals surface area contributed by atoms with Crippen molar-refractivity contribution >= 4 is 29.0 Å². The van der Waals surface area contributed by atoms with E-state index in [1.807, 2.05) is 60.0 Å². The number of nitrogens with zero attached hydrogens (tertiary/aromatic N) is 2. The molecule has 1 amide bonds. The number of amides is 1. The lowest BCUT2D eigenvalue weighted by Crippen LogP contribution is -2.07. The van der Waals surface area contributed by atoms with Gasteiger partial charge in [-0.05, 0) is 42.5 Å². The normalized spacial score (nSPS) is 10.8. The second-order valence-corrected chi connectivity index (χ2v) is 7.62. The fraction of sp³-hybridized carbons (Fsp3) is 0.0800. The largest absolute Gasteiger partial charge is 0.497 e. The zero-order valence-corrected chi connectivity index (χ0v) is 18.4. The van der Waals surface area contributed by atoms with Gasteiger partial charge in [0.25, 0.3) is 0 Å². The standard InChI is InChI=1S/C25H21N3O3S/c1-30-20-11-9-17(23(15-20)31-2)10-12-24(29)27-19-7-5-6-18(14-19)22-16-32-25(28-22)21-8-3-4-13-26-21/h3-16H,1-2H3,(H,27,29)/b12-10+. The number of methoxy groups -OCH3 is 2. The lowest BCUT2D eigenvalue weighted by molar-refractivity contribution is -0.111. The molecule has 0 saturated heterocycles. The molecule has 0 radical (unpaired) electrons. The van der Waals surface area contributed by atoms with Gasteiger partial charge in [0.15, 0.2) is 0 Å². The van der Waals surface area contributed by atoms with Crippen LogP contribution in [0.3, 0.4) is 0 Å². The van der Waals surface area contributed by atoms with E-state index < -0.39 is 0 Å². The van der Waals surface area contributed by atoms with E-state index in [0.29, 0.717) is 17.2 Å². The highest BCUT2D eigenvalue weighted by atomic mass is 32.1. The number of hydrogen-bond acceptors (Lipinski definition) is 6. The van der Waals surface area contributed by atoms with E-state index in [9.17, 15) is 4.79 Å².